The van der Waals surface area contributed by atoms with E-state index in [0.29, 0.717) is 22.3 Å². The van der Waals surface area contributed by atoms with E-state index in [-0.39, 0.29) is 36.3 Å². The van der Waals surface area contributed by atoms with Crippen molar-refractivity contribution < 1.29 is 9.59 Å². The summed E-state index contributed by atoms with van der Waals surface area (Å²) in [5.74, 6) is -0.0728. The third kappa shape index (κ3) is 4.34. The SMILES string of the molecule is Cc1ccc(NC(=O)C2CC2)cc1NC(=O)CCn1cnc2ccccc2c1=O. The molecule has 1 aliphatic rings. The number of carbonyl (C=O) groups excluding carboxylic acids is 2. The van der Waals surface area contributed by atoms with Crippen LogP contribution in [0.2, 0.25) is 0 Å². The van der Waals surface area contributed by atoms with E-state index in [1.807, 2.05) is 25.1 Å². The van der Waals surface area contributed by atoms with Crippen molar-refractivity contribution in [1.82, 2.24) is 9.55 Å². The molecule has 2 N–H and O–H groups in total. The summed E-state index contributed by atoms with van der Waals surface area (Å²) < 4.78 is 1.45. The standard InChI is InChI=1S/C22H22N4O3/c1-14-6-9-16(24-21(28)15-7-8-15)12-19(14)25-20(27)10-11-26-13-23-18-5-3-2-4-17(18)22(26)29/h2-6,9,12-13,15H,7-8,10-11H2,1H3,(H,24,28)(H,25,27). The zero-order valence-electron chi connectivity index (χ0n) is 16.1. The van der Waals surface area contributed by atoms with Crippen molar-refractivity contribution in [3.05, 3.63) is 64.7 Å². The molecule has 3 aromatic rings. The van der Waals surface area contributed by atoms with E-state index in [1.54, 1.807) is 24.3 Å². The minimum Gasteiger partial charge on any atom is -0.326 e. The number of anilines is 2. The lowest BCUT2D eigenvalue weighted by atomic mass is 10.1. The Labute approximate surface area is 167 Å². The molecule has 29 heavy (non-hydrogen) atoms. The number of aromatic nitrogens is 2. The first-order chi connectivity index (χ1) is 14.0. The fraction of sp³-hybridized carbons (Fsp3) is 0.273. The fourth-order valence-corrected chi connectivity index (χ4v) is 3.12. The summed E-state index contributed by atoms with van der Waals surface area (Å²) in [6, 6.07) is 12.6. The van der Waals surface area contributed by atoms with Gasteiger partial charge in [-0.1, -0.05) is 18.2 Å². The molecule has 7 nitrogen and oxygen atoms in total. The predicted molar refractivity (Wildman–Crippen MR) is 112 cm³/mol. The Morgan fingerprint density at radius 2 is 1.93 bits per heavy atom. The average molecular weight is 390 g/mol. The smallest absolute Gasteiger partial charge is 0.261 e. The number of para-hydroxylation sites is 1. The molecule has 2 aromatic carbocycles. The Hall–Kier alpha value is -3.48. The molecule has 1 aliphatic carbocycles. The Morgan fingerprint density at radius 1 is 1.14 bits per heavy atom. The van der Waals surface area contributed by atoms with Crippen LogP contribution in [0, 0.1) is 12.8 Å². The fourth-order valence-electron chi connectivity index (χ4n) is 3.12. The molecule has 1 saturated carbocycles. The van der Waals surface area contributed by atoms with E-state index < -0.39 is 0 Å². The number of nitrogens with one attached hydrogen (secondary N) is 2. The first kappa shape index (κ1) is 18.9. The third-order valence-electron chi connectivity index (χ3n) is 5.04. The Bertz CT molecular complexity index is 1150. The summed E-state index contributed by atoms with van der Waals surface area (Å²) in [5.41, 5.74) is 2.68. The van der Waals surface area contributed by atoms with Crippen LogP contribution >= 0.6 is 0 Å². The Kier molecular flexibility index (Phi) is 5.12. The number of nitrogens with zero attached hydrogens (tertiary/aromatic N) is 2. The minimum absolute atomic E-state index is 0.0225. The number of fused-ring (bicyclic) bond motifs is 1. The van der Waals surface area contributed by atoms with E-state index in [4.69, 9.17) is 0 Å². The number of hydrogen-bond acceptors (Lipinski definition) is 4. The van der Waals surface area contributed by atoms with Crippen LogP contribution in [-0.4, -0.2) is 21.4 Å². The molecule has 0 saturated heterocycles. The highest BCUT2D eigenvalue weighted by molar-refractivity contribution is 5.96. The molecule has 0 radical (unpaired) electrons. The molecule has 4 rings (SSSR count). The lowest BCUT2D eigenvalue weighted by molar-refractivity contribution is -0.117. The second-order valence-electron chi connectivity index (χ2n) is 7.35. The molecule has 7 heteroatoms. The second kappa shape index (κ2) is 7.87. The number of hydrogen-bond donors (Lipinski definition) is 2. The molecule has 2 amide bonds. The molecule has 0 aliphatic heterocycles. The Morgan fingerprint density at radius 3 is 2.72 bits per heavy atom. The van der Waals surface area contributed by atoms with Gasteiger partial charge in [-0.2, -0.15) is 0 Å². The molecule has 148 valence electrons. The van der Waals surface area contributed by atoms with Crippen LogP contribution < -0.4 is 16.2 Å². The number of aryl methyl sites for hydroxylation is 2. The van der Waals surface area contributed by atoms with Crippen molar-refractivity contribution in [3.63, 3.8) is 0 Å². The molecule has 1 heterocycles. The van der Waals surface area contributed by atoms with Crippen molar-refractivity contribution in [2.75, 3.05) is 10.6 Å². The van der Waals surface area contributed by atoms with E-state index >= 15 is 0 Å². The number of benzene rings is 2. The topological polar surface area (TPSA) is 93.1 Å². The minimum atomic E-state index is -0.209. The zero-order chi connectivity index (χ0) is 20.4. The van der Waals surface area contributed by atoms with Crippen molar-refractivity contribution >= 4 is 34.1 Å². The van der Waals surface area contributed by atoms with Gasteiger partial charge in [0.1, 0.15) is 0 Å². The zero-order valence-corrected chi connectivity index (χ0v) is 16.1. The van der Waals surface area contributed by atoms with Gasteiger partial charge in [-0.15, -0.1) is 0 Å². The second-order valence-corrected chi connectivity index (χ2v) is 7.35. The highest BCUT2D eigenvalue weighted by Crippen LogP contribution is 2.30. The molecule has 1 fully saturated rings. The average Bonchev–Trinajstić information content (AvgIpc) is 3.56. The first-order valence-electron chi connectivity index (χ1n) is 9.67. The van der Waals surface area contributed by atoms with Crippen LogP contribution in [0.5, 0.6) is 0 Å². The van der Waals surface area contributed by atoms with Crippen molar-refractivity contribution in [3.8, 4) is 0 Å². The van der Waals surface area contributed by atoms with E-state index in [0.717, 1.165) is 18.4 Å². The molecular formula is C22H22N4O3. The molecule has 0 atom stereocenters. The molecular weight excluding hydrogens is 368 g/mol. The van der Waals surface area contributed by atoms with Crippen LogP contribution in [0.4, 0.5) is 11.4 Å². The summed E-state index contributed by atoms with van der Waals surface area (Å²) >= 11 is 0. The van der Waals surface area contributed by atoms with Gasteiger partial charge in [0.25, 0.3) is 5.56 Å². The van der Waals surface area contributed by atoms with Gasteiger partial charge in [-0.3, -0.25) is 19.0 Å². The molecule has 0 bridgehead atoms. The molecule has 0 spiro atoms. The lowest BCUT2D eigenvalue weighted by Gasteiger charge is -2.12. The highest BCUT2D eigenvalue weighted by atomic mass is 16.2. The van der Waals surface area contributed by atoms with Crippen LogP contribution in [0.1, 0.15) is 24.8 Å². The van der Waals surface area contributed by atoms with Gasteiger partial charge in [-0.25, -0.2) is 4.98 Å². The van der Waals surface area contributed by atoms with Crippen LogP contribution in [0.3, 0.4) is 0 Å². The molecule has 1 aromatic heterocycles. The van der Waals surface area contributed by atoms with Gasteiger partial charge in [-0.05, 0) is 49.6 Å². The number of amides is 2. The Balaban J connectivity index is 1.41. The van der Waals surface area contributed by atoms with Crippen molar-refractivity contribution in [2.45, 2.75) is 32.7 Å². The first-order valence-corrected chi connectivity index (χ1v) is 9.67. The maximum atomic E-state index is 12.5. The lowest BCUT2D eigenvalue weighted by Crippen LogP contribution is -2.23. The predicted octanol–water partition coefficient (Wildman–Crippen LogP) is 3.08. The van der Waals surface area contributed by atoms with Gasteiger partial charge < -0.3 is 10.6 Å². The number of carbonyl (C=O) groups is 2. The molecule has 0 unspecified atom stereocenters. The highest BCUT2D eigenvalue weighted by Gasteiger charge is 2.29. The summed E-state index contributed by atoms with van der Waals surface area (Å²) in [4.78, 5) is 41.2. The van der Waals surface area contributed by atoms with E-state index in [9.17, 15) is 14.4 Å². The quantitative estimate of drug-likeness (QED) is 0.676. The summed E-state index contributed by atoms with van der Waals surface area (Å²) in [6.07, 6.45) is 3.48. The summed E-state index contributed by atoms with van der Waals surface area (Å²) in [5, 5.41) is 6.29. The van der Waals surface area contributed by atoms with Gasteiger partial charge in [0.15, 0.2) is 0 Å². The van der Waals surface area contributed by atoms with Gasteiger partial charge in [0, 0.05) is 30.3 Å². The van der Waals surface area contributed by atoms with E-state index in [1.165, 1.54) is 10.9 Å². The monoisotopic (exact) mass is 390 g/mol. The van der Waals surface area contributed by atoms with Gasteiger partial charge in [0.05, 0.1) is 17.2 Å². The summed E-state index contributed by atoms with van der Waals surface area (Å²) in [6.45, 7) is 2.12. The normalized spacial score (nSPS) is 13.3. The largest absolute Gasteiger partial charge is 0.326 e. The number of rotatable bonds is 6. The maximum Gasteiger partial charge on any atom is 0.261 e. The summed E-state index contributed by atoms with van der Waals surface area (Å²) in [7, 11) is 0. The van der Waals surface area contributed by atoms with Crippen molar-refractivity contribution in [2.24, 2.45) is 5.92 Å². The third-order valence-corrected chi connectivity index (χ3v) is 5.04. The van der Waals surface area contributed by atoms with Crippen LogP contribution in [-0.2, 0) is 16.1 Å². The van der Waals surface area contributed by atoms with Crippen molar-refractivity contribution in [1.29, 1.82) is 0 Å². The van der Waals surface area contributed by atoms with Gasteiger partial charge >= 0.3 is 0 Å². The van der Waals surface area contributed by atoms with Crippen LogP contribution in [0.25, 0.3) is 10.9 Å². The van der Waals surface area contributed by atoms with E-state index in [2.05, 4.69) is 15.6 Å². The maximum absolute atomic E-state index is 12.5. The van der Waals surface area contributed by atoms with Gasteiger partial charge in [0.2, 0.25) is 11.8 Å². The van der Waals surface area contributed by atoms with Crippen LogP contribution in [0.15, 0.2) is 53.6 Å².